The monoisotopic (exact) mass is 766 g/mol. The molecule has 2 aromatic carbocycles. The van der Waals surface area contributed by atoms with Gasteiger partial charge in [-0.05, 0) is 56.3 Å². The maximum atomic E-state index is 15.3. The van der Waals surface area contributed by atoms with Gasteiger partial charge in [0.05, 0.1) is 29.0 Å². The second-order valence-corrected chi connectivity index (χ2v) is 12.0. The van der Waals surface area contributed by atoms with Gasteiger partial charge in [0.1, 0.15) is 11.3 Å². The number of methoxy groups -OCH3 is 1. The van der Waals surface area contributed by atoms with Crippen LogP contribution in [0.15, 0.2) is 65.8 Å². The summed E-state index contributed by atoms with van der Waals surface area (Å²) in [6, 6.07) is 13.8. The number of nitrogens with one attached hydrogen (secondary N) is 1. The van der Waals surface area contributed by atoms with E-state index in [1.807, 2.05) is 17.0 Å². The first kappa shape index (κ1) is 38.8. The molecule has 50 heavy (non-hydrogen) atoms. The second-order valence-electron chi connectivity index (χ2n) is 12.0. The summed E-state index contributed by atoms with van der Waals surface area (Å²) < 4.78 is 61.8. The molecule has 3 aromatic heterocycles. The first-order valence-electron chi connectivity index (χ1n) is 15.6. The van der Waals surface area contributed by atoms with Crippen molar-refractivity contribution in [3.8, 4) is 5.75 Å². The summed E-state index contributed by atoms with van der Waals surface area (Å²) in [5.74, 6) is -1.07. The third-order valence-corrected chi connectivity index (χ3v) is 8.83. The fourth-order valence-corrected chi connectivity index (χ4v) is 6.63. The molecule has 0 radical (unpaired) electrons. The van der Waals surface area contributed by atoms with Gasteiger partial charge in [0.25, 0.3) is 0 Å². The molecule has 1 aliphatic carbocycles. The van der Waals surface area contributed by atoms with Crippen molar-refractivity contribution in [2.24, 2.45) is 5.92 Å². The number of hydrogen-bond acceptors (Lipinski definition) is 7. The Morgan fingerprint density at radius 1 is 1.00 bits per heavy atom. The van der Waals surface area contributed by atoms with Crippen LogP contribution >= 0.6 is 0 Å². The second kappa shape index (κ2) is 15.9. The molecule has 2 N–H and O–H groups in total. The number of carboxylic acid groups (broad SMARTS) is 1. The van der Waals surface area contributed by atoms with Crippen LogP contribution in [0.2, 0.25) is 0 Å². The number of rotatable bonds is 4. The number of hydrogen-bond donors (Lipinski definition) is 2. The summed E-state index contributed by atoms with van der Waals surface area (Å²) in [7, 11) is -4.52. The SMILES string of the molecule is COc1c(N2C[C@H]3CCCN[C@H]3C2)c(F)cc2c(=O)c(C(=O)O)cn(C3CC3)c12.F[B-](F)(F)F.[Cl-].[Cu+].c1cnc2c(c1)ccc1cccnc12. The van der Waals surface area contributed by atoms with Gasteiger partial charge in [-0.15, -0.1) is 0 Å². The normalized spacial score (nSPS) is 18.2. The Bertz CT molecular complexity index is 2000. The summed E-state index contributed by atoms with van der Waals surface area (Å²) in [5, 5.41) is 15.3. The van der Waals surface area contributed by atoms with Crippen molar-refractivity contribution >= 4 is 51.6 Å². The fraction of sp³-hybridized carbons (Fsp3) is 0.333. The van der Waals surface area contributed by atoms with Crippen LogP contribution in [0.5, 0.6) is 5.75 Å². The molecular formula is C33H32BClCuF5N5O4-. The Labute approximate surface area is 300 Å². The Balaban J connectivity index is 0.000000223. The molecule has 2 atom stereocenters. The van der Waals surface area contributed by atoms with Gasteiger partial charge in [0, 0.05) is 54.5 Å². The Morgan fingerprint density at radius 3 is 2.12 bits per heavy atom. The fourth-order valence-electron chi connectivity index (χ4n) is 6.63. The third-order valence-electron chi connectivity index (χ3n) is 8.83. The Hall–Kier alpha value is -3.98. The van der Waals surface area contributed by atoms with E-state index in [2.05, 4.69) is 39.6 Å². The van der Waals surface area contributed by atoms with Gasteiger partial charge < -0.3 is 54.3 Å². The minimum atomic E-state index is -6.00. The molecule has 2 saturated heterocycles. The maximum absolute atomic E-state index is 15.3. The summed E-state index contributed by atoms with van der Waals surface area (Å²) in [5.41, 5.74) is 1.80. The first-order valence-corrected chi connectivity index (χ1v) is 15.6. The van der Waals surface area contributed by atoms with Crippen molar-refractivity contribution in [2.45, 2.75) is 37.8 Å². The number of carbonyl (C=O) groups is 1. The van der Waals surface area contributed by atoms with Gasteiger partial charge in [-0.1, -0.05) is 24.3 Å². The van der Waals surface area contributed by atoms with Crippen LogP contribution in [0.25, 0.3) is 32.7 Å². The molecule has 0 unspecified atom stereocenters. The van der Waals surface area contributed by atoms with Crippen LogP contribution in [-0.2, 0) is 17.1 Å². The smallest absolute Gasteiger partial charge is 1.00 e. The number of halogens is 6. The molecule has 17 heteroatoms. The van der Waals surface area contributed by atoms with E-state index in [1.54, 1.807) is 17.0 Å². The molecule has 5 heterocycles. The summed E-state index contributed by atoms with van der Waals surface area (Å²) in [6.07, 6.45) is 9.01. The molecule has 8 rings (SSSR count). The molecule has 0 bridgehead atoms. The van der Waals surface area contributed by atoms with Crippen LogP contribution in [0.1, 0.15) is 42.1 Å². The van der Waals surface area contributed by atoms with Gasteiger partial charge in [-0.3, -0.25) is 14.8 Å². The average Bonchev–Trinajstić information content (AvgIpc) is 3.82. The molecule has 0 spiro atoms. The van der Waals surface area contributed by atoms with Crippen molar-refractivity contribution in [3.05, 3.63) is 82.7 Å². The minimum absolute atomic E-state index is 0. The standard InChI is InChI=1S/C21H24FN3O4.C12H8N2.BF4.ClH.Cu/c1-29-20-17-13(19(26)14(21(27)28)9-25(17)12-4-5-12)7-15(22)18(20)24-8-11-3-2-6-23-16(11)10-24;1-3-9-5-6-10-4-2-8-14-12(10)11(9)13-7-1;2-1(3,4)5;;/h7,9,11-12,16,23H,2-6,8,10H2,1H3,(H,27,28);1-8H;;1H;/q;;-1;;+1/p-1/t11-,16+;;;;/m1..../s1. The number of piperidine rings is 1. The number of aromatic nitrogens is 3. The van der Waals surface area contributed by atoms with E-state index in [0.717, 1.165) is 60.6 Å². The van der Waals surface area contributed by atoms with Crippen LogP contribution in [0, 0.1) is 11.7 Å². The average molecular weight is 767 g/mol. The number of fused-ring (bicyclic) bond motifs is 5. The van der Waals surface area contributed by atoms with E-state index in [-0.39, 0.29) is 46.5 Å². The zero-order valence-corrected chi connectivity index (χ0v) is 28.3. The first-order chi connectivity index (χ1) is 22.9. The molecular weight excluding hydrogens is 735 g/mol. The Morgan fingerprint density at radius 2 is 1.60 bits per heavy atom. The zero-order chi connectivity index (χ0) is 34.2. The third kappa shape index (κ3) is 8.31. The molecule has 1 saturated carbocycles. The van der Waals surface area contributed by atoms with Crippen LogP contribution in [-0.4, -0.2) is 65.7 Å². The maximum Gasteiger partial charge on any atom is 1.00 e. The quantitative estimate of drug-likeness (QED) is 0.163. The van der Waals surface area contributed by atoms with Crippen LogP contribution < -0.4 is 32.8 Å². The van der Waals surface area contributed by atoms with Gasteiger partial charge in [0.15, 0.2) is 11.6 Å². The van der Waals surface area contributed by atoms with E-state index in [9.17, 15) is 32.0 Å². The minimum Gasteiger partial charge on any atom is -1.00 e. The van der Waals surface area contributed by atoms with E-state index < -0.39 is 24.5 Å². The summed E-state index contributed by atoms with van der Waals surface area (Å²) >= 11 is 0. The zero-order valence-electron chi connectivity index (χ0n) is 26.6. The van der Waals surface area contributed by atoms with Crippen molar-refractivity contribution < 1.29 is 65.8 Å². The van der Waals surface area contributed by atoms with Crippen LogP contribution in [0.3, 0.4) is 0 Å². The molecule has 9 nitrogen and oxygen atoms in total. The van der Waals surface area contributed by atoms with Gasteiger partial charge in [0.2, 0.25) is 5.43 Å². The van der Waals surface area contributed by atoms with Gasteiger partial charge in [-0.2, -0.15) is 0 Å². The number of nitrogens with zero attached hydrogens (tertiary/aromatic N) is 4. The summed E-state index contributed by atoms with van der Waals surface area (Å²) in [6.45, 7) is 2.40. The number of anilines is 1. The van der Waals surface area contributed by atoms with Crippen molar-refractivity contribution in [3.63, 3.8) is 0 Å². The molecule has 0 amide bonds. The molecule has 3 fully saturated rings. The number of carboxylic acids is 1. The number of benzene rings is 2. The number of aromatic carboxylic acids is 1. The van der Waals surface area contributed by atoms with E-state index in [0.29, 0.717) is 35.5 Å². The molecule has 3 aliphatic rings. The number of ether oxygens (including phenoxy) is 1. The van der Waals surface area contributed by atoms with Gasteiger partial charge >= 0.3 is 30.3 Å². The largest absolute Gasteiger partial charge is 1.00 e. The topological polar surface area (TPSA) is 110 Å². The van der Waals surface area contributed by atoms with Crippen LogP contribution in [0.4, 0.5) is 27.3 Å². The van der Waals surface area contributed by atoms with Gasteiger partial charge in [-0.25, -0.2) is 9.18 Å². The predicted octanol–water partition coefficient (Wildman–Crippen LogP) is 3.46. The molecule has 270 valence electrons. The van der Waals surface area contributed by atoms with Crippen molar-refractivity contribution in [1.82, 2.24) is 19.9 Å². The molecule has 5 aromatic rings. The van der Waals surface area contributed by atoms with E-state index in [1.165, 1.54) is 19.4 Å². The van der Waals surface area contributed by atoms with Crippen molar-refractivity contribution in [1.29, 1.82) is 0 Å². The molecule has 2 aliphatic heterocycles. The predicted molar refractivity (Wildman–Crippen MR) is 174 cm³/mol. The Kier molecular flexibility index (Phi) is 12.4. The van der Waals surface area contributed by atoms with E-state index in [4.69, 9.17) is 4.74 Å². The van der Waals surface area contributed by atoms with Crippen molar-refractivity contribution in [2.75, 3.05) is 31.6 Å². The number of pyridine rings is 3. The summed E-state index contributed by atoms with van der Waals surface area (Å²) in [4.78, 5) is 35.1. The van der Waals surface area contributed by atoms with E-state index >= 15 is 4.39 Å².